The second-order valence-corrected chi connectivity index (χ2v) is 5.96. The Morgan fingerprint density at radius 2 is 1.75 bits per heavy atom. The molecule has 7 heteroatoms. The van der Waals surface area contributed by atoms with E-state index in [0.717, 1.165) is 19.3 Å². The van der Waals surface area contributed by atoms with Crippen LogP contribution in [0.5, 0.6) is 0 Å². The number of hydrogen-bond acceptors (Lipinski definition) is 5. The molecule has 0 unspecified atom stereocenters. The SMILES string of the molecule is FC(F)c1nnc(-c2cnc(CC3(c4ccccc4)CC3)nc2)o1. The van der Waals surface area contributed by atoms with Crippen molar-refractivity contribution in [2.24, 2.45) is 0 Å². The smallest absolute Gasteiger partial charge is 0.314 e. The summed E-state index contributed by atoms with van der Waals surface area (Å²) in [7, 11) is 0. The summed E-state index contributed by atoms with van der Waals surface area (Å²) < 4.78 is 29.9. The Kier molecular flexibility index (Phi) is 3.55. The minimum Gasteiger partial charge on any atom is -0.415 e. The zero-order valence-electron chi connectivity index (χ0n) is 12.7. The minimum atomic E-state index is -2.79. The van der Waals surface area contributed by atoms with Gasteiger partial charge in [-0.25, -0.2) is 9.97 Å². The Morgan fingerprint density at radius 3 is 2.33 bits per heavy atom. The highest BCUT2D eigenvalue weighted by molar-refractivity contribution is 5.48. The largest absolute Gasteiger partial charge is 0.415 e. The number of rotatable bonds is 5. The molecule has 0 atom stereocenters. The Balaban J connectivity index is 1.52. The van der Waals surface area contributed by atoms with Gasteiger partial charge in [-0.2, -0.15) is 8.78 Å². The Bertz CT molecular complexity index is 829. The summed E-state index contributed by atoms with van der Waals surface area (Å²) in [5, 5.41) is 6.90. The van der Waals surface area contributed by atoms with Gasteiger partial charge in [-0.1, -0.05) is 30.3 Å². The normalized spacial score (nSPS) is 15.6. The molecule has 24 heavy (non-hydrogen) atoms. The topological polar surface area (TPSA) is 64.7 Å². The number of aromatic nitrogens is 4. The van der Waals surface area contributed by atoms with Crippen molar-refractivity contribution >= 4 is 0 Å². The predicted molar refractivity (Wildman–Crippen MR) is 81.3 cm³/mol. The molecule has 0 saturated heterocycles. The first kappa shape index (κ1) is 14.9. The molecule has 0 spiro atoms. The van der Waals surface area contributed by atoms with Crippen LogP contribution in [0.3, 0.4) is 0 Å². The van der Waals surface area contributed by atoms with Gasteiger partial charge in [0.25, 0.3) is 11.8 Å². The summed E-state index contributed by atoms with van der Waals surface area (Å²) in [6.45, 7) is 0. The van der Waals surface area contributed by atoms with Crippen molar-refractivity contribution in [2.75, 3.05) is 0 Å². The van der Waals surface area contributed by atoms with Gasteiger partial charge in [0.2, 0.25) is 0 Å². The van der Waals surface area contributed by atoms with Crippen LogP contribution in [0.15, 0.2) is 47.1 Å². The van der Waals surface area contributed by atoms with Crippen molar-refractivity contribution in [1.82, 2.24) is 20.2 Å². The van der Waals surface area contributed by atoms with E-state index in [2.05, 4.69) is 32.3 Å². The van der Waals surface area contributed by atoms with E-state index in [0.29, 0.717) is 11.4 Å². The molecule has 1 aliphatic rings. The van der Waals surface area contributed by atoms with Gasteiger partial charge < -0.3 is 4.42 Å². The van der Waals surface area contributed by atoms with E-state index in [4.69, 9.17) is 4.42 Å². The van der Waals surface area contributed by atoms with Gasteiger partial charge in [0.1, 0.15) is 5.82 Å². The molecule has 0 aliphatic heterocycles. The summed E-state index contributed by atoms with van der Waals surface area (Å²) in [6.07, 6.45) is 3.27. The lowest BCUT2D eigenvalue weighted by molar-refractivity contribution is 0.116. The molecular weight excluding hydrogens is 314 g/mol. The quantitative estimate of drug-likeness (QED) is 0.714. The highest BCUT2D eigenvalue weighted by Gasteiger charge is 2.44. The van der Waals surface area contributed by atoms with Gasteiger partial charge >= 0.3 is 6.43 Å². The molecule has 0 bridgehead atoms. The van der Waals surface area contributed by atoms with Crippen molar-refractivity contribution in [3.63, 3.8) is 0 Å². The van der Waals surface area contributed by atoms with Crippen LogP contribution in [0, 0.1) is 0 Å². The van der Waals surface area contributed by atoms with Crippen LogP contribution in [0.1, 0.15) is 36.5 Å². The third kappa shape index (κ3) is 2.77. The summed E-state index contributed by atoms with van der Waals surface area (Å²) in [4.78, 5) is 8.67. The molecule has 5 nitrogen and oxygen atoms in total. The molecule has 0 N–H and O–H groups in total. The highest BCUT2D eigenvalue weighted by Crippen LogP contribution is 2.50. The fourth-order valence-electron chi connectivity index (χ4n) is 2.81. The average molecular weight is 328 g/mol. The van der Waals surface area contributed by atoms with Crippen molar-refractivity contribution in [2.45, 2.75) is 31.1 Å². The van der Waals surface area contributed by atoms with E-state index in [1.54, 1.807) is 0 Å². The van der Waals surface area contributed by atoms with Crippen LogP contribution in [0.4, 0.5) is 8.78 Å². The summed E-state index contributed by atoms with van der Waals surface area (Å²) in [6, 6.07) is 10.3. The first-order valence-corrected chi connectivity index (χ1v) is 7.65. The molecule has 2 heterocycles. The minimum absolute atomic E-state index is 0.000967. The van der Waals surface area contributed by atoms with Crippen molar-refractivity contribution in [1.29, 1.82) is 0 Å². The van der Waals surface area contributed by atoms with Crippen LogP contribution in [0.25, 0.3) is 11.5 Å². The Labute approximate surface area is 136 Å². The molecule has 1 aliphatic carbocycles. The fourth-order valence-corrected chi connectivity index (χ4v) is 2.81. The van der Waals surface area contributed by atoms with E-state index >= 15 is 0 Å². The maximum Gasteiger partial charge on any atom is 0.314 e. The Morgan fingerprint density at radius 1 is 1.04 bits per heavy atom. The third-order valence-corrected chi connectivity index (χ3v) is 4.32. The molecule has 0 amide bonds. The first-order valence-electron chi connectivity index (χ1n) is 7.65. The molecule has 1 saturated carbocycles. The summed E-state index contributed by atoms with van der Waals surface area (Å²) in [5.74, 6) is 0.0184. The number of nitrogens with zero attached hydrogens (tertiary/aromatic N) is 4. The van der Waals surface area contributed by atoms with Gasteiger partial charge in [-0.05, 0) is 18.4 Å². The van der Waals surface area contributed by atoms with Gasteiger partial charge in [0, 0.05) is 24.2 Å². The van der Waals surface area contributed by atoms with E-state index in [9.17, 15) is 8.78 Å². The predicted octanol–water partition coefficient (Wildman–Crippen LogP) is 3.74. The molecule has 2 aromatic heterocycles. The van der Waals surface area contributed by atoms with Gasteiger partial charge in [0.15, 0.2) is 0 Å². The zero-order valence-corrected chi connectivity index (χ0v) is 12.7. The van der Waals surface area contributed by atoms with E-state index in [1.807, 2.05) is 18.2 Å². The van der Waals surface area contributed by atoms with Gasteiger partial charge in [-0.15, -0.1) is 10.2 Å². The lowest BCUT2D eigenvalue weighted by atomic mass is 9.92. The maximum absolute atomic E-state index is 12.5. The van der Waals surface area contributed by atoms with Crippen molar-refractivity contribution in [3.8, 4) is 11.5 Å². The zero-order chi connectivity index (χ0) is 16.6. The molecular formula is C17H14F2N4O. The van der Waals surface area contributed by atoms with Crippen LogP contribution in [-0.2, 0) is 11.8 Å². The van der Waals surface area contributed by atoms with Crippen LogP contribution in [0.2, 0.25) is 0 Å². The second kappa shape index (κ2) is 5.74. The summed E-state index contributed by atoms with van der Waals surface area (Å²) in [5.41, 5.74) is 1.86. The van der Waals surface area contributed by atoms with E-state index in [1.165, 1.54) is 18.0 Å². The summed E-state index contributed by atoms with van der Waals surface area (Å²) >= 11 is 0. The molecule has 0 radical (unpaired) electrons. The third-order valence-electron chi connectivity index (χ3n) is 4.32. The lowest BCUT2D eigenvalue weighted by Gasteiger charge is -2.14. The number of hydrogen-bond donors (Lipinski definition) is 0. The highest BCUT2D eigenvalue weighted by atomic mass is 19.3. The number of alkyl halides is 2. The molecule has 4 rings (SSSR count). The average Bonchev–Trinajstić information content (AvgIpc) is 3.21. The first-order chi connectivity index (χ1) is 11.7. The fraction of sp³-hybridized carbons (Fsp3) is 0.294. The molecule has 1 fully saturated rings. The number of benzene rings is 1. The molecule has 1 aromatic carbocycles. The van der Waals surface area contributed by atoms with E-state index in [-0.39, 0.29) is 11.3 Å². The molecule has 3 aromatic rings. The van der Waals surface area contributed by atoms with Gasteiger partial charge in [-0.3, -0.25) is 0 Å². The van der Waals surface area contributed by atoms with Crippen molar-refractivity contribution < 1.29 is 13.2 Å². The van der Waals surface area contributed by atoms with E-state index < -0.39 is 12.3 Å². The van der Waals surface area contributed by atoms with Crippen LogP contribution >= 0.6 is 0 Å². The van der Waals surface area contributed by atoms with Crippen molar-refractivity contribution in [3.05, 3.63) is 60.0 Å². The Hall–Kier alpha value is -2.70. The monoisotopic (exact) mass is 328 g/mol. The van der Waals surface area contributed by atoms with Crippen LogP contribution in [-0.4, -0.2) is 20.2 Å². The van der Waals surface area contributed by atoms with Crippen LogP contribution < -0.4 is 0 Å². The lowest BCUT2D eigenvalue weighted by Crippen LogP contribution is -2.12. The number of halogens is 2. The second-order valence-electron chi connectivity index (χ2n) is 5.96. The standard InChI is InChI=1S/C17H14F2N4O/c18-14(19)16-23-22-15(24-16)11-9-20-13(21-10-11)8-17(6-7-17)12-4-2-1-3-5-12/h1-5,9-10,14H,6-8H2. The maximum atomic E-state index is 12.5. The molecule has 122 valence electrons. The van der Waals surface area contributed by atoms with Gasteiger partial charge in [0.05, 0.1) is 5.56 Å².